The number of phenolic OH excluding ortho intramolecular Hbond substituents is 1. The predicted molar refractivity (Wildman–Crippen MR) is 95.6 cm³/mol. The van der Waals surface area contributed by atoms with Gasteiger partial charge in [0.25, 0.3) is 5.91 Å². The Kier molecular flexibility index (Phi) is 5.68. The fourth-order valence-electron chi connectivity index (χ4n) is 2.03. The lowest BCUT2D eigenvalue weighted by Gasteiger charge is -2.07. The number of anilines is 2. The second-order valence-electron chi connectivity index (χ2n) is 5.42. The van der Waals surface area contributed by atoms with Crippen molar-refractivity contribution in [2.75, 3.05) is 10.6 Å². The topological polar surface area (TPSA) is 95.5 Å². The highest BCUT2D eigenvalue weighted by atomic mass is 16.3. The van der Waals surface area contributed by atoms with E-state index in [1.807, 2.05) is 0 Å². The van der Waals surface area contributed by atoms with E-state index in [4.69, 9.17) is 0 Å². The quantitative estimate of drug-likeness (QED) is 0.443. The van der Waals surface area contributed by atoms with Gasteiger partial charge in [-0.1, -0.05) is 12.1 Å². The Hall–Kier alpha value is -3.41. The van der Waals surface area contributed by atoms with Crippen LogP contribution >= 0.6 is 0 Å². The average Bonchev–Trinajstić information content (AvgIpc) is 2.57. The molecular weight excluding hydrogens is 320 g/mol. The molecule has 2 aromatic carbocycles. The van der Waals surface area contributed by atoms with Crippen LogP contribution in [-0.4, -0.2) is 22.7 Å². The van der Waals surface area contributed by atoms with Crippen molar-refractivity contribution in [1.29, 1.82) is 0 Å². The number of hydrogen-bond donors (Lipinski definition) is 3. The first-order chi connectivity index (χ1) is 11.9. The number of carbonyl (C=O) groups is 3. The van der Waals surface area contributed by atoms with E-state index < -0.39 is 11.8 Å². The van der Waals surface area contributed by atoms with E-state index >= 15 is 0 Å². The molecule has 0 bridgehead atoms. The third-order valence-corrected chi connectivity index (χ3v) is 3.42. The van der Waals surface area contributed by atoms with Gasteiger partial charge in [0.15, 0.2) is 5.78 Å². The number of para-hydroxylation sites is 2. The highest BCUT2D eigenvalue weighted by Crippen LogP contribution is 2.21. The molecule has 0 aromatic heterocycles. The zero-order valence-corrected chi connectivity index (χ0v) is 13.9. The zero-order chi connectivity index (χ0) is 18.4. The van der Waals surface area contributed by atoms with E-state index in [2.05, 4.69) is 10.6 Å². The zero-order valence-electron chi connectivity index (χ0n) is 13.9. The van der Waals surface area contributed by atoms with Crippen LogP contribution in [0.25, 0.3) is 0 Å². The molecule has 0 aliphatic rings. The summed E-state index contributed by atoms with van der Waals surface area (Å²) in [5.41, 5.74) is 1.52. The molecule has 25 heavy (non-hydrogen) atoms. The molecule has 0 saturated carbocycles. The number of aromatic hydroxyl groups is 1. The van der Waals surface area contributed by atoms with Crippen molar-refractivity contribution < 1.29 is 19.5 Å². The third-order valence-electron chi connectivity index (χ3n) is 3.42. The Balaban J connectivity index is 2.00. The first-order valence-corrected chi connectivity index (χ1v) is 7.56. The molecule has 6 nitrogen and oxygen atoms in total. The van der Waals surface area contributed by atoms with Gasteiger partial charge in [-0.2, -0.15) is 0 Å². The molecule has 2 amide bonds. The maximum Gasteiger partial charge on any atom is 0.251 e. The maximum atomic E-state index is 12.1. The number of amides is 2. The minimum Gasteiger partial charge on any atom is -0.506 e. The minimum atomic E-state index is -0.527. The Morgan fingerprint density at radius 1 is 0.920 bits per heavy atom. The van der Waals surface area contributed by atoms with Gasteiger partial charge in [-0.25, -0.2) is 0 Å². The highest BCUT2D eigenvalue weighted by molar-refractivity contribution is 6.10. The molecule has 3 N–H and O–H groups in total. The molecule has 0 spiro atoms. The molecule has 0 unspecified atom stereocenters. The van der Waals surface area contributed by atoms with Gasteiger partial charge in [-0.3, -0.25) is 14.4 Å². The largest absolute Gasteiger partial charge is 0.506 e. The summed E-state index contributed by atoms with van der Waals surface area (Å²) in [6.45, 7) is 2.97. The number of nitrogens with one attached hydrogen (secondary N) is 2. The summed E-state index contributed by atoms with van der Waals surface area (Å²) in [4.78, 5) is 35.3. The van der Waals surface area contributed by atoms with Crippen LogP contribution in [0.3, 0.4) is 0 Å². The summed E-state index contributed by atoms with van der Waals surface area (Å²) in [6.07, 6.45) is 1.14. The number of carbonyl (C=O) groups excluding carboxylic acids is 3. The van der Waals surface area contributed by atoms with Crippen molar-refractivity contribution in [3.05, 3.63) is 65.7 Å². The second kappa shape index (κ2) is 7.92. The number of ketones is 1. The van der Waals surface area contributed by atoms with E-state index in [0.717, 1.165) is 6.08 Å². The van der Waals surface area contributed by atoms with Crippen LogP contribution in [0.4, 0.5) is 11.4 Å². The first-order valence-electron chi connectivity index (χ1n) is 7.56. The Bertz CT molecular complexity index is 839. The van der Waals surface area contributed by atoms with Gasteiger partial charge in [0.2, 0.25) is 5.91 Å². The molecule has 0 aliphatic heterocycles. The van der Waals surface area contributed by atoms with Crippen LogP contribution in [0.2, 0.25) is 0 Å². The van der Waals surface area contributed by atoms with Gasteiger partial charge < -0.3 is 15.7 Å². The number of rotatable bonds is 5. The Morgan fingerprint density at radius 2 is 1.56 bits per heavy atom. The number of phenols is 1. The average molecular weight is 338 g/mol. The standard InChI is InChI=1S/C19H18N2O4/c1-12(11-18(24)21-16-5-3-4-6-17(16)23)19(25)20-15-9-7-14(8-10-15)13(2)22/h3-11,23H,1-2H3,(H,20,25)(H,21,24)/b12-11-. The molecule has 2 rings (SSSR count). The highest BCUT2D eigenvalue weighted by Gasteiger charge is 2.09. The fourth-order valence-corrected chi connectivity index (χ4v) is 2.03. The summed E-state index contributed by atoms with van der Waals surface area (Å²) in [6, 6.07) is 12.8. The summed E-state index contributed by atoms with van der Waals surface area (Å²) in [5.74, 6) is -1.09. The Labute approximate surface area is 145 Å². The minimum absolute atomic E-state index is 0.0584. The van der Waals surface area contributed by atoms with Gasteiger partial charge in [-0.05, 0) is 50.2 Å². The van der Waals surface area contributed by atoms with Crippen molar-refractivity contribution in [3.8, 4) is 5.75 Å². The van der Waals surface area contributed by atoms with Gasteiger partial charge in [0.1, 0.15) is 5.75 Å². The van der Waals surface area contributed by atoms with Crippen LogP contribution < -0.4 is 10.6 Å². The van der Waals surface area contributed by atoms with Crippen LogP contribution in [0.15, 0.2) is 60.2 Å². The molecule has 0 atom stereocenters. The fraction of sp³-hybridized carbons (Fsp3) is 0.105. The van der Waals surface area contributed by atoms with E-state index in [9.17, 15) is 19.5 Å². The molecule has 6 heteroatoms. The third kappa shape index (κ3) is 5.04. The number of hydrogen-bond acceptors (Lipinski definition) is 4. The Morgan fingerprint density at radius 3 is 2.16 bits per heavy atom. The number of Topliss-reactive ketones (excluding diaryl/α,β-unsaturated/α-hetero) is 1. The van der Waals surface area contributed by atoms with E-state index in [0.29, 0.717) is 11.3 Å². The molecule has 0 fully saturated rings. The van der Waals surface area contributed by atoms with Crippen molar-refractivity contribution in [2.24, 2.45) is 0 Å². The van der Waals surface area contributed by atoms with Crippen LogP contribution in [0.1, 0.15) is 24.2 Å². The van der Waals surface area contributed by atoms with Gasteiger partial charge >= 0.3 is 0 Å². The van der Waals surface area contributed by atoms with Crippen LogP contribution in [-0.2, 0) is 9.59 Å². The van der Waals surface area contributed by atoms with Gasteiger partial charge in [-0.15, -0.1) is 0 Å². The lowest BCUT2D eigenvalue weighted by Crippen LogP contribution is -2.16. The molecule has 2 aromatic rings. The van der Waals surface area contributed by atoms with Gasteiger partial charge in [0.05, 0.1) is 5.69 Å². The SMILES string of the molecule is CC(=O)c1ccc(NC(=O)/C(C)=C\C(=O)Nc2ccccc2O)cc1. The monoisotopic (exact) mass is 338 g/mol. The molecule has 0 radical (unpaired) electrons. The summed E-state index contributed by atoms with van der Waals surface area (Å²) in [5, 5.41) is 14.8. The molecule has 0 saturated heterocycles. The van der Waals surface area contributed by atoms with E-state index in [1.165, 1.54) is 19.9 Å². The van der Waals surface area contributed by atoms with Crippen molar-refractivity contribution in [2.45, 2.75) is 13.8 Å². The number of benzene rings is 2. The van der Waals surface area contributed by atoms with Crippen molar-refractivity contribution in [3.63, 3.8) is 0 Å². The van der Waals surface area contributed by atoms with E-state index in [-0.39, 0.29) is 22.8 Å². The second-order valence-corrected chi connectivity index (χ2v) is 5.42. The maximum absolute atomic E-state index is 12.1. The lowest BCUT2D eigenvalue weighted by molar-refractivity contribution is -0.114. The molecule has 0 heterocycles. The normalized spacial score (nSPS) is 10.9. The summed E-state index contributed by atoms with van der Waals surface area (Å²) < 4.78 is 0. The molecule has 0 aliphatic carbocycles. The first kappa shape index (κ1) is 17.9. The van der Waals surface area contributed by atoms with Crippen LogP contribution in [0.5, 0.6) is 5.75 Å². The van der Waals surface area contributed by atoms with Crippen molar-refractivity contribution in [1.82, 2.24) is 0 Å². The van der Waals surface area contributed by atoms with E-state index in [1.54, 1.807) is 42.5 Å². The molecular formula is C19H18N2O4. The predicted octanol–water partition coefficient (Wildman–Crippen LogP) is 3.12. The summed E-state index contributed by atoms with van der Waals surface area (Å²) >= 11 is 0. The molecule has 128 valence electrons. The van der Waals surface area contributed by atoms with Gasteiger partial charge in [0, 0.05) is 22.9 Å². The summed E-state index contributed by atoms with van der Waals surface area (Å²) in [7, 11) is 0. The lowest BCUT2D eigenvalue weighted by atomic mass is 10.1. The van der Waals surface area contributed by atoms with Crippen molar-refractivity contribution >= 4 is 29.0 Å². The smallest absolute Gasteiger partial charge is 0.251 e. The van der Waals surface area contributed by atoms with Crippen LogP contribution in [0, 0.1) is 0 Å².